The molecule has 0 saturated carbocycles. The number of rotatable bonds is 6. The third-order valence-electron chi connectivity index (χ3n) is 4.14. The molecule has 1 unspecified atom stereocenters. The Labute approximate surface area is 159 Å². The van der Waals surface area contributed by atoms with E-state index in [0.29, 0.717) is 22.6 Å². The van der Waals surface area contributed by atoms with Crippen molar-refractivity contribution in [2.24, 2.45) is 0 Å². The van der Waals surface area contributed by atoms with Crippen LogP contribution in [0, 0.1) is 11.3 Å². The van der Waals surface area contributed by atoms with E-state index in [-0.39, 0.29) is 6.54 Å². The Balaban J connectivity index is 2.14. The zero-order valence-electron chi connectivity index (χ0n) is 14.7. The van der Waals surface area contributed by atoms with Crippen molar-refractivity contribution in [3.63, 3.8) is 0 Å². The number of benzene rings is 2. The molecule has 7 nitrogen and oxygen atoms in total. The molecule has 27 heavy (non-hydrogen) atoms. The van der Waals surface area contributed by atoms with Crippen molar-refractivity contribution in [3.8, 4) is 28.7 Å². The number of ether oxygens (including phenoxy) is 2. The second kappa shape index (κ2) is 8.14. The van der Waals surface area contributed by atoms with E-state index in [0.717, 1.165) is 22.1 Å². The van der Waals surface area contributed by atoms with Crippen LogP contribution in [-0.4, -0.2) is 28.0 Å². The Hall–Kier alpha value is -2.99. The van der Waals surface area contributed by atoms with Crippen LogP contribution in [0.1, 0.15) is 11.1 Å². The van der Waals surface area contributed by atoms with Crippen molar-refractivity contribution in [1.82, 2.24) is 9.71 Å². The van der Waals surface area contributed by atoms with Gasteiger partial charge in [-0.1, -0.05) is 24.3 Å². The normalized spacial score (nSPS) is 11.8. The quantitative estimate of drug-likeness (QED) is 0.634. The molecule has 0 bridgehead atoms. The Morgan fingerprint density at radius 3 is 2.44 bits per heavy atom. The van der Waals surface area contributed by atoms with Crippen LogP contribution in [0.25, 0.3) is 22.0 Å². The number of nitrogens with one attached hydrogen (secondary N) is 1. The molecule has 0 aliphatic carbocycles. The van der Waals surface area contributed by atoms with Gasteiger partial charge in [-0.25, -0.2) is 8.93 Å². The Bertz CT molecular complexity index is 1050. The number of aromatic nitrogens is 1. The number of hydrogen-bond donors (Lipinski definition) is 2. The van der Waals surface area contributed by atoms with E-state index in [1.807, 2.05) is 30.3 Å². The lowest BCUT2D eigenvalue weighted by Crippen LogP contribution is -2.15. The highest BCUT2D eigenvalue weighted by Gasteiger charge is 2.15. The van der Waals surface area contributed by atoms with Crippen molar-refractivity contribution in [2.75, 3.05) is 14.2 Å². The van der Waals surface area contributed by atoms with Gasteiger partial charge in [-0.05, 0) is 17.2 Å². The molecule has 0 amide bonds. The van der Waals surface area contributed by atoms with E-state index in [2.05, 4.69) is 15.8 Å². The first-order chi connectivity index (χ1) is 13.1. The molecule has 0 fully saturated rings. The molecule has 2 aromatic carbocycles. The van der Waals surface area contributed by atoms with Crippen molar-refractivity contribution >= 4 is 22.2 Å². The van der Waals surface area contributed by atoms with Crippen LogP contribution in [0.2, 0.25) is 0 Å². The zero-order chi connectivity index (χ0) is 19.4. The molecular formula is C19H17N3O4S. The van der Waals surface area contributed by atoms with Gasteiger partial charge in [0.25, 0.3) is 0 Å². The second-order valence-corrected chi connectivity index (χ2v) is 6.44. The summed E-state index contributed by atoms with van der Waals surface area (Å²) in [4.78, 5) is 4.36. The molecule has 0 aliphatic heterocycles. The van der Waals surface area contributed by atoms with Gasteiger partial charge in [0.15, 0.2) is 11.5 Å². The highest BCUT2D eigenvalue weighted by molar-refractivity contribution is 7.77. The number of nitrogens with zero attached hydrogens (tertiary/aromatic N) is 2. The average molecular weight is 383 g/mol. The van der Waals surface area contributed by atoms with Crippen molar-refractivity contribution in [3.05, 3.63) is 53.7 Å². The summed E-state index contributed by atoms with van der Waals surface area (Å²) in [6.07, 6.45) is 1.54. The molecule has 1 heterocycles. The van der Waals surface area contributed by atoms with Gasteiger partial charge < -0.3 is 9.47 Å². The van der Waals surface area contributed by atoms with Gasteiger partial charge >= 0.3 is 0 Å². The van der Waals surface area contributed by atoms with Crippen LogP contribution in [-0.2, 0) is 17.8 Å². The van der Waals surface area contributed by atoms with Gasteiger partial charge in [0, 0.05) is 29.8 Å². The zero-order valence-corrected chi connectivity index (χ0v) is 15.5. The van der Waals surface area contributed by atoms with Gasteiger partial charge in [0.05, 0.1) is 25.3 Å². The van der Waals surface area contributed by atoms with Crippen molar-refractivity contribution in [2.45, 2.75) is 6.54 Å². The van der Waals surface area contributed by atoms with E-state index >= 15 is 0 Å². The van der Waals surface area contributed by atoms with Gasteiger partial charge in [-0.3, -0.25) is 9.54 Å². The molecule has 1 aromatic heterocycles. The molecule has 0 spiro atoms. The first kappa shape index (κ1) is 18.8. The average Bonchev–Trinajstić information content (AvgIpc) is 2.70. The highest BCUT2D eigenvalue weighted by Crippen LogP contribution is 2.37. The summed E-state index contributed by atoms with van der Waals surface area (Å²) in [5.74, 6) is 1.11. The predicted octanol–water partition coefficient (Wildman–Crippen LogP) is 3.02. The third-order valence-corrected chi connectivity index (χ3v) is 4.53. The SMILES string of the molecule is COc1cc2ncc(C#N)c(-c3ccc(CNS(=O)O)cc3)c2cc1OC. The monoisotopic (exact) mass is 383 g/mol. The molecule has 0 radical (unpaired) electrons. The molecule has 0 saturated heterocycles. The number of methoxy groups -OCH3 is 2. The number of pyridine rings is 1. The minimum atomic E-state index is -2.07. The maximum atomic E-state index is 10.7. The smallest absolute Gasteiger partial charge is 0.232 e. The Kier molecular flexibility index (Phi) is 5.66. The van der Waals surface area contributed by atoms with Crippen LogP contribution in [0.3, 0.4) is 0 Å². The predicted molar refractivity (Wildman–Crippen MR) is 103 cm³/mol. The summed E-state index contributed by atoms with van der Waals surface area (Å²) in [7, 11) is 3.11. The van der Waals surface area contributed by atoms with E-state index in [1.165, 1.54) is 6.20 Å². The fourth-order valence-electron chi connectivity index (χ4n) is 2.85. The Morgan fingerprint density at radius 2 is 1.85 bits per heavy atom. The first-order valence-corrected chi connectivity index (χ1v) is 9.06. The van der Waals surface area contributed by atoms with Crippen LogP contribution < -0.4 is 14.2 Å². The summed E-state index contributed by atoms with van der Waals surface area (Å²) in [5, 5.41) is 10.3. The first-order valence-electron chi connectivity index (χ1n) is 7.96. The number of fused-ring (bicyclic) bond motifs is 1. The summed E-state index contributed by atoms with van der Waals surface area (Å²) in [5.41, 5.74) is 3.55. The van der Waals surface area contributed by atoms with Gasteiger partial charge in [-0.2, -0.15) is 5.26 Å². The molecule has 1 atom stereocenters. The molecule has 2 N–H and O–H groups in total. The lowest BCUT2D eigenvalue weighted by Gasteiger charge is -2.13. The summed E-state index contributed by atoms with van der Waals surface area (Å²) in [6, 6.07) is 13.2. The van der Waals surface area contributed by atoms with E-state index in [9.17, 15) is 9.47 Å². The maximum absolute atomic E-state index is 10.7. The van der Waals surface area contributed by atoms with Crippen LogP contribution in [0.5, 0.6) is 11.5 Å². The fourth-order valence-corrected chi connectivity index (χ4v) is 3.14. The van der Waals surface area contributed by atoms with Crippen LogP contribution >= 0.6 is 0 Å². The number of hydrogen-bond acceptors (Lipinski definition) is 5. The van der Waals surface area contributed by atoms with Gasteiger partial charge in [-0.15, -0.1) is 0 Å². The third kappa shape index (κ3) is 3.90. The van der Waals surface area contributed by atoms with Crippen molar-refractivity contribution in [1.29, 1.82) is 5.26 Å². The standard InChI is InChI=1S/C19H17N3O4S/c1-25-17-7-15-16(8-18(17)26-2)21-11-14(9-20)19(15)13-5-3-12(4-6-13)10-22-27(23)24/h3-8,11,22H,10H2,1-2H3,(H,23,24). The van der Waals surface area contributed by atoms with E-state index in [1.54, 1.807) is 20.3 Å². The molecule has 0 aliphatic rings. The largest absolute Gasteiger partial charge is 0.493 e. The summed E-state index contributed by atoms with van der Waals surface area (Å²) < 4.78 is 32.7. The van der Waals surface area contributed by atoms with Crippen molar-refractivity contribution < 1.29 is 18.2 Å². The molecular weight excluding hydrogens is 366 g/mol. The van der Waals surface area contributed by atoms with Gasteiger partial charge in [0.1, 0.15) is 6.07 Å². The fraction of sp³-hybridized carbons (Fsp3) is 0.158. The lowest BCUT2D eigenvalue weighted by atomic mass is 9.96. The Morgan fingerprint density at radius 1 is 1.19 bits per heavy atom. The van der Waals surface area contributed by atoms with Crippen LogP contribution in [0.15, 0.2) is 42.6 Å². The minimum Gasteiger partial charge on any atom is -0.493 e. The molecule has 8 heteroatoms. The highest BCUT2D eigenvalue weighted by atomic mass is 32.2. The molecule has 138 valence electrons. The topological polar surface area (TPSA) is 104 Å². The lowest BCUT2D eigenvalue weighted by molar-refractivity contribution is 0.356. The van der Waals surface area contributed by atoms with E-state index < -0.39 is 11.3 Å². The van der Waals surface area contributed by atoms with E-state index in [4.69, 9.17) is 14.0 Å². The minimum absolute atomic E-state index is 0.261. The molecule has 3 aromatic rings. The van der Waals surface area contributed by atoms with Crippen LogP contribution in [0.4, 0.5) is 0 Å². The van der Waals surface area contributed by atoms with Gasteiger partial charge in [0.2, 0.25) is 11.3 Å². The summed E-state index contributed by atoms with van der Waals surface area (Å²) in [6.45, 7) is 0.261. The maximum Gasteiger partial charge on any atom is 0.232 e. The second-order valence-electron chi connectivity index (χ2n) is 5.65. The molecule has 3 rings (SSSR count). The summed E-state index contributed by atoms with van der Waals surface area (Å²) >= 11 is -2.07. The number of nitriles is 1.